The lowest BCUT2D eigenvalue weighted by molar-refractivity contribution is -0.115. The molecule has 0 aromatic heterocycles. The summed E-state index contributed by atoms with van der Waals surface area (Å²) in [4.78, 5) is 14.2. The zero-order valence-corrected chi connectivity index (χ0v) is 12.5. The Kier molecular flexibility index (Phi) is 4.58. The van der Waals surface area contributed by atoms with Crippen molar-refractivity contribution in [3.8, 4) is 0 Å². The molecule has 0 aliphatic heterocycles. The monoisotopic (exact) mass is 298 g/mol. The molecule has 21 heavy (non-hydrogen) atoms. The number of rotatable bonds is 6. The van der Waals surface area contributed by atoms with Crippen molar-refractivity contribution in [3.63, 3.8) is 0 Å². The average molecular weight is 298 g/mol. The summed E-state index contributed by atoms with van der Waals surface area (Å²) in [6.07, 6.45) is 2.38. The predicted molar refractivity (Wildman–Crippen MR) is 86.7 cm³/mol. The third-order valence-corrected chi connectivity index (χ3v) is 4.34. The molecule has 3 nitrogen and oxygen atoms in total. The summed E-state index contributed by atoms with van der Waals surface area (Å²) in [5.74, 6) is 0.0167. The van der Waals surface area contributed by atoms with Gasteiger partial charge in [-0.15, -0.1) is 0 Å². The van der Waals surface area contributed by atoms with Crippen molar-refractivity contribution in [1.29, 1.82) is 0 Å². The molecule has 0 spiro atoms. The van der Waals surface area contributed by atoms with Crippen LogP contribution in [-0.4, -0.2) is 18.5 Å². The first-order valence-corrected chi connectivity index (χ1v) is 7.98. The Hall–Kier alpha value is -1.78. The van der Waals surface area contributed by atoms with Crippen molar-refractivity contribution in [2.24, 2.45) is 0 Å². The van der Waals surface area contributed by atoms with Crippen LogP contribution in [0.2, 0.25) is 0 Å². The molecule has 0 atom stereocenters. The fourth-order valence-corrected chi connectivity index (χ4v) is 2.92. The number of hydrogen-bond donors (Lipinski definition) is 2. The van der Waals surface area contributed by atoms with Gasteiger partial charge in [-0.2, -0.15) is 0 Å². The maximum Gasteiger partial charge on any atom is 0.238 e. The zero-order chi connectivity index (χ0) is 14.5. The van der Waals surface area contributed by atoms with E-state index in [1.54, 1.807) is 11.8 Å². The van der Waals surface area contributed by atoms with E-state index in [1.165, 1.54) is 12.8 Å². The Balaban J connectivity index is 1.65. The summed E-state index contributed by atoms with van der Waals surface area (Å²) in [6, 6.07) is 18.6. The number of nitrogens with one attached hydrogen (secondary N) is 2. The number of amides is 1. The van der Waals surface area contributed by atoms with Crippen LogP contribution >= 0.6 is 11.8 Å². The van der Waals surface area contributed by atoms with Crippen LogP contribution in [0.25, 0.3) is 0 Å². The van der Waals surface area contributed by atoms with Gasteiger partial charge in [0.05, 0.1) is 12.2 Å². The highest BCUT2D eigenvalue weighted by Gasteiger charge is 2.21. The third kappa shape index (κ3) is 4.34. The van der Waals surface area contributed by atoms with Gasteiger partial charge in [-0.3, -0.25) is 4.79 Å². The molecule has 108 valence electrons. The van der Waals surface area contributed by atoms with E-state index >= 15 is 0 Å². The van der Waals surface area contributed by atoms with Gasteiger partial charge < -0.3 is 10.6 Å². The number of carbonyl (C=O) groups excluding carboxylic acids is 1. The van der Waals surface area contributed by atoms with Crippen molar-refractivity contribution >= 4 is 23.4 Å². The maximum absolute atomic E-state index is 12.0. The van der Waals surface area contributed by atoms with Gasteiger partial charge in [-0.05, 0) is 37.1 Å². The molecule has 3 rings (SSSR count). The third-order valence-electron chi connectivity index (χ3n) is 3.26. The Morgan fingerprint density at radius 2 is 1.76 bits per heavy atom. The minimum Gasteiger partial charge on any atom is -0.324 e. The van der Waals surface area contributed by atoms with Crippen LogP contribution < -0.4 is 10.6 Å². The van der Waals surface area contributed by atoms with E-state index in [2.05, 4.69) is 22.8 Å². The first-order chi connectivity index (χ1) is 10.3. The largest absolute Gasteiger partial charge is 0.324 e. The molecule has 1 amide bonds. The van der Waals surface area contributed by atoms with E-state index in [9.17, 15) is 4.79 Å². The van der Waals surface area contributed by atoms with E-state index in [1.807, 2.05) is 42.5 Å². The number of carbonyl (C=O) groups is 1. The van der Waals surface area contributed by atoms with E-state index in [0.29, 0.717) is 12.6 Å². The van der Waals surface area contributed by atoms with Crippen LogP contribution in [0.1, 0.15) is 12.8 Å². The topological polar surface area (TPSA) is 41.1 Å². The minimum absolute atomic E-state index is 0.0167. The summed E-state index contributed by atoms with van der Waals surface area (Å²) >= 11 is 1.66. The molecular weight excluding hydrogens is 280 g/mol. The van der Waals surface area contributed by atoms with Crippen molar-refractivity contribution in [2.75, 3.05) is 11.9 Å². The van der Waals surface area contributed by atoms with Gasteiger partial charge in [-0.25, -0.2) is 0 Å². The molecule has 2 aromatic rings. The number of anilines is 1. The van der Waals surface area contributed by atoms with Gasteiger partial charge in [0.15, 0.2) is 0 Å². The van der Waals surface area contributed by atoms with Gasteiger partial charge in [-0.1, -0.05) is 42.1 Å². The fraction of sp³-hybridized carbons (Fsp3) is 0.235. The fourth-order valence-electron chi connectivity index (χ4n) is 1.99. The summed E-state index contributed by atoms with van der Waals surface area (Å²) in [7, 11) is 0. The van der Waals surface area contributed by atoms with Crippen LogP contribution in [0.15, 0.2) is 64.4 Å². The lowest BCUT2D eigenvalue weighted by Crippen LogP contribution is -2.29. The van der Waals surface area contributed by atoms with Crippen molar-refractivity contribution in [2.45, 2.75) is 28.7 Å². The molecule has 1 aliphatic carbocycles. The first kappa shape index (κ1) is 14.2. The Bertz CT molecular complexity index is 611. The van der Waals surface area contributed by atoms with Crippen LogP contribution in [-0.2, 0) is 4.79 Å². The number of benzene rings is 2. The van der Waals surface area contributed by atoms with Crippen LogP contribution in [0.3, 0.4) is 0 Å². The van der Waals surface area contributed by atoms with Gasteiger partial charge in [0.2, 0.25) is 5.91 Å². The Morgan fingerprint density at radius 3 is 2.52 bits per heavy atom. The van der Waals surface area contributed by atoms with Crippen molar-refractivity contribution in [1.82, 2.24) is 5.32 Å². The Labute approximate surface area is 129 Å². The molecule has 0 radical (unpaired) electrons. The number of para-hydroxylation sites is 1. The van der Waals surface area contributed by atoms with Crippen LogP contribution in [0.5, 0.6) is 0 Å². The van der Waals surface area contributed by atoms with E-state index in [0.717, 1.165) is 15.5 Å². The van der Waals surface area contributed by atoms with Gasteiger partial charge in [0.25, 0.3) is 0 Å². The molecule has 0 heterocycles. The molecule has 1 aliphatic rings. The van der Waals surface area contributed by atoms with Crippen LogP contribution in [0.4, 0.5) is 5.69 Å². The summed E-state index contributed by atoms with van der Waals surface area (Å²) < 4.78 is 0. The number of hydrogen-bond acceptors (Lipinski definition) is 3. The Morgan fingerprint density at radius 1 is 1.05 bits per heavy atom. The second-order valence-corrected chi connectivity index (χ2v) is 6.23. The second kappa shape index (κ2) is 6.78. The minimum atomic E-state index is 0.0167. The zero-order valence-electron chi connectivity index (χ0n) is 11.7. The molecule has 4 heteroatoms. The predicted octanol–water partition coefficient (Wildman–Crippen LogP) is 3.53. The molecule has 2 N–H and O–H groups in total. The van der Waals surface area contributed by atoms with Gasteiger partial charge >= 0.3 is 0 Å². The molecule has 0 bridgehead atoms. The highest BCUT2D eigenvalue weighted by atomic mass is 32.2. The normalized spacial score (nSPS) is 13.9. The summed E-state index contributed by atoms with van der Waals surface area (Å²) in [6.45, 7) is 0.384. The molecular formula is C17H18N2OS. The molecule has 0 unspecified atom stereocenters. The highest BCUT2D eigenvalue weighted by molar-refractivity contribution is 7.99. The molecule has 1 saturated carbocycles. The lowest BCUT2D eigenvalue weighted by Gasteiger charge is -2.11. The van der Waals surface area contributed by atoms with E-state index in [-0.39, 0.29) is 5.91 Å². The highest BCUT2D eigenvalue weighted by Crippen LogP contribution is 2.33. The maximum atomic E-state index is 12.0. The molecule has 2 aromatic carbocycles. The standard InChI is InChI=1S/C17H18N2OS/c20-17(12-18-13-10-11-13)19-15-8-4-5-9-16(15)21-14-6-2-1-3-7-14/h1-9,13,18H,10-12H2,(H,19,20). The summed E-state index contributed by atoms with van der Waals surface area (Å²) in [5.41, 5.74) is 0.869. The van der Waals surface area contributed by atoms with E-state index < -0.39 is 0 Å². The van der Waals surface area contributed by atoms with Gasteiger partial charge in [0.1, 0.15) is 0 Å². The molecule has 0 saturated heterocycles. The lowest BCUT2D eigenvalue weighted by atomic mass is 10.3. The van der Waals surface area contributed by atoms with Gasteiger partial charge in [0, 0.05) is 15.8 Å². The quantitative estimate of drug-likeness (QED) is 0.857. The first-order valence-electron chi connectivity index (χ1n) is 7.16. The van der Waals surface area contributed by atoms with Crippen molar-refractivity contribution in [3.05, 3.63) is 54.6 Å². The molecule has 1 fully saturated rings. The van der Waals surface area contributed by atoms with Crippen molar-refractivity contribution < 1.29 is 4.79 Å². The summed E-state index contributed by atoms with van der Waals surface area (Å²) in [5, 5.41) is 6.22. The second-order valence-electron chi connectivity index (χ2n) is 5.11. The van der Waals surface area contributed by atoms with E-state index in [4.69, 9.17) is 0 Å². The van der Waals surface area contributed by atoms with Crippen LogP contribution in [0, 0.1) is 0 Å². The SMILES string of the molecule is O=C(CNC1CC1)Nc1ccccc1Sc1ccccc1. The smallest absolute Gasteiger partial charge is 0.238 e. The average Bonchev–Trinajstić information content (AvgIpc) is 3.33.